The van der Waals surface area contributed by atoms with Gasteiger partial charge in [0.05, 0.1) is 12.7 Å². The zero-order valence-electron chi connectivity index (χ0n) is 7.81. The summed E-state index contributed by atoms with van der Waals surface area (Å²) in [7, 11) is 0. The molecule has 66 valence electrons. The molecule has 1 fully saturated rings. The first-order valence-corrected chi connectivity index (χ1v) is 4.96. The van der Waals surface area contributed by atoms with Gasteiger partial charge in [-0.15, -0.1) is 0 Å². The van der Waals surface area contributed by atoms with Crippen molar-refractivity contribution in [1.82, 2.24) is 0 Å². The van der Waals surface area contributed by atoms with Gasteiger partial charge in [0.1, 0.15) is 0 Å². The number of hydrogen-bond donors (Lipinski definition) is 0. The van der Waals surface area contributed by atoms with Crippen LogP contribution in [0.4, 0.5) is 0 Å². The second-order valence-electron chi connectivity index (χ2n) is 3.70. The highest BCUT2D eigenvalue weighted by Crippen LogP contribution is 2.24. The van der Waals surface area contributed by atoms with Crippen molar-refractivity contribution in [3.05, 3.63) is 0 Å². The van der Waals surface area contributed by atoms with Gasteiger partial charge in [-0.3, -0.25) is 0 Å². The molecule has 0 aliphatic carbocycles. The molecule has 0 aromatic heterocycles. The molecular formula is C10H20O. The van der Waals surface area contributed by atoms with Crippen molar-refractivity contribution in [1.29, 1.82) is 0 Å². The normalized spacial score (nSPS) is 30.0. The molecule has 0 N–H and O–H groups in total. The molecule has 1 heteroatoms. The SMILES string of the molecule is CCCCCCC1OCC1C. The lowest BCUT2D eigenvalue weighted by atomic mass is 9.95. The van der Waals surface area contributed by atoms with Gasteiger partial charge in [0.2, 0.25) is 0 Å². The van der Waals surface area contributed by atoms with E-state index in [0.29, 0.717) is 6.10 Å². The van der Waals surface area contributed by atoms with E-state index in [1.165, 1.54) is 32.1 Å². The maximum Gasteiger partial charge on any atom is 0.0622 e. The molecule has 1 heterocycles. The topological polar surface area (TPSA) is 9.23 Å². The second kappa shape index (κ2) is 4.76. The molecule has 2 atom stereocenters. The van der Waals surface area contributed by atoms with Gasteiger partial charge in [0, 0.05) is 5.92 Å². The Hall–Kier alpha value is -0.0400. The number of rotatable bonds is 5. The molecule has 0 amide bonds. The third-order valence-electron chi connectivity index (χ3n) is 2.55. The molecule has 1 aliphatic rings. The van der Waals surface area contributed by atoms with Gasteiger partial charge in [-0.25, -0.2) is 0 Å². The van der Waals surface area contributed by atoms with Crippen molar-refractivity contribution in [3.8, 4) is 0 Å². The van der Waals surface area contributed by atoms with Crippen LogP contribution in [0.5, 0.6) is 0 Å². The quantitative estimate of drug-likeness (QED) is 0.556. The first kappa shape index (κ1) is 9.05. The number of ether oxygens (including phenoxy) is 1. The Labute approximate surface area is 70.1 Å². The monoisotopic (exact) mass is 156 g/mol. The summed E-state index contributed by atoms with van der Waals surface area (Å²) < 4.78 is 5.42. The molecule has 0 spiro atoms. The maximum atomic E-state index is 5.42. The summed E-state index contributed by atoms with van der Waals surface area (Å²) in [6.45, 7) is 5.54. The van der Waals surface area contributed by atoms with E-state index in [-0.39, 0.29) is 0 Å². The van der Waals surface area contributed by atoms with Crippen LogP contribution in [0, 0.1) is 5.92 Å². The standard InChI is InChI=1S/C10H20O/c1-3-4-5-6-7-10-9(2)8-11-10/h9-10H,3-8H2,1-2H3. The van der Waals surface area contributed by atoms with Crippen molar-refractivity contribution in [2.45, 2.75) is 52.1 Å². The van der Waals surface area contributed by atoms with E-state index in [2.05, 4.69) is 13.8 Å². The summed E-state index contributed by atoms with van der Waals surface area (Å²) in [6.07, 6.45) is 7.38. The van der Waals surface area contributed by atoms with Gasteiger partial charge < -0.3 is 4.74 Å². The van der Waals surface area contributed by atoms with Crippen molar-refractivity contribution < 1.29 is 4.74 Å². The van der Waals surface area contributed by atoms with Gasteiger partial charge in [-0.2, -0.15) is 0 Å². The smallest absolute Gasteiger partial charge is 0.0622 e. The van der Waals surface area contributed by atoms with E-state index in [9.17, 15) is 0 Å². The molecular weight excluding hydrogens is 136 g/mol. The van der Waals surface area contributed by atoms with Crippen LogP contribution in [-0.2, 0) is 4.74 Å². The lowest BCUT2D eigenvalue weighted by Gasteiger charge is -2.34. The lowest BCUT2D eigenvalue weighted by molar-refractivity contribution is -0.110. The average molecular weight is 156 g/mol. The molecule has 0 saturated carbocycles. The van der Waals surface area contributed by atoms with Gasteiger partial charge in [-0.1, -0.05) is 39.5 Å². The fraction of sp³-hybridized carbons (Fsp3) is 1.00. The van der Waals surface area contributed by atoms with Crippen molar-refractivity contribution in [2.75, 3.05) is 6.61 Å². The van der Waals surface area contributed by atoms with Crippen LogP contribution in [0.1, 0.15) is 46.0 Å². The molecule has 2 unspecified atom stereocenters. The Kier molecular flexibility index (Phi) is 3.92. The number of unbranched alkanes of at least 4 members (excludes halogenated alkanes) is 3. The Bertz CT molecular complexity index is 101. The molecule has 11 heavy (non-hydrogen) atoms. The Balaban J connectivity index is 1.87. The van der Waals surface area contributed by atoms with Crippen LogP contribution >= 0.6 is 0 Å². The summed E-state index contributed by atoms with van der Waals surface area (Å²) in [4.78, 5) is 0. The summed E-state index contributed by atoms with van der Waals surface area (Å²) in [6, 6.07) is 0. The minimum absolute atomic E-state index is 0.604. The third-order valence-corrected chi connectivity index (χ3v) is 2.55. The van der Waals surface area contributed by atoms with E-state index in [1.54, 1.807) is 0 Å². The summed E-state index contributed by atoms with van der Waals surface area (Å²) in [5, 5.41) is 0. The zero-order chi connectivity index (χ0) is 8.10. The summed E-state index contributed by atoms with van der Waals surface area (Å²) >= 11 is 0. The molecule has 1 saturated heterocycles. The van der Waals surface area contributed by atoms with Crippen LogP contribution in [0.3, 0.4) is 0 Å². The fourth-order valence-corrected chi connectivity index (χ4v) is 1.56. The van der Waals surface area contributed by atoms with Crippen LogP contribution in [0.2, 0.25) is 0 Å². The van der Waals surface area contributed by atoms with E-state index >= 15 is 0 Å². The Morgan fingerprint density at radius 3 is 2.55 bits per heavy atom. The van der Waals surface area contributed by atoms with Gasteiger partial charge >= 0.3 is 0 Å². The third kappa shape index (κ3) is 2.82. The van der Waals surface area contributed by atoms with Crippen LogP contribution in [0.15, 0.2) is 0 Å². The van der Waals surface area contributed by atoms with E-state index < -0.39 is 0 Å². The predicted molar refractivity (Wildman–Crippen MR) is 47.7 cm³/mol. The van der Waals surface area contributed by atoms with Gasteiger partial charge in [-0.05, 0) is 6.42 Å². The first-order chi connectivity index (χ1) is 5.34. The largest absolute Gasteiger partial charge is 0.377 e. The molecule has 0 bridgehead atoms. The minimum Gasteiger partial charge on any atom is -0.377 e. The summed E-state index contributed by atoms with van der Waals surface area (Å²) in [5.74, 6) is 0.830. The highest BCUT2D eigenvalue weighted by molar-refractivity contribution is 4.74. The van der Waals surface area contributed by atoms with E-state index in [4.69, 9.17) is 4.74 Å². The van der Waals surface area contributed by atoms with E-state index in [1.807, 2.05) is 0 Å². The molecule has 1 nitrogen and oxygen atoms in total. The minimum atomic E-state index is 0.604. The van der Waals surface area contributed by atoms with E-state index in [0.717, 1.165) is 12.5 Å². The molecule has 0 radical (unpaired) electrons. The molecule has 1 rings (SSSR count). The molecule has 0 aromatic carbocycles. The van der Waals surface area contributed by atoms with Crippen LogP contribution < -0.4 is 0 Å². The fourth-order valence-electron chi connectivity index (χ4n) is 1.56. The maximum absolute atomic E-state index is 5.42. The number of hydrogen-bond acceptors (Lipinski definition) is 1. The molecule has 1 aliphatic heterocycles. The van der Waals surface area contributed by atoms with Crippen molar-refractivity contribution >= 4 is 0 Å². The van der Waals surface area contributed by atoms with Crippen molar-refractivity contribution in [2.24, 2.45) is 5.92 Å². The average Bonchev–Trinajstić information content (AvgIpc) is 2.02. The zero-order valence-corrected chi connectivity index (χ0v) is 7.81. The van der Waals surface area contributed by atoms with Crippen molar-refractivity contribution in [3.63, 3.8) is 0 Å². The first-order valence-electron chi connectivity index (χ1n) is 4.96. The highest BCUT2D eigenvalue weighted by atomic mass is 16.5. The lowest BCUT2D eigenvalue weighted by Crippen LogP contribution is -2.37. The predicted octanol–water partition coefficient (Wildman–Crippen LogP) is 2.99. The Morgan fingerprint density at radius 1 is 1.27 bits per heavy atom. The second-order valence-corrected chi connectivity index (χ2v) is 3.70. The molecule has 0 aromatic rings. The highest BCUT2D eigenvalue weighted by Gasteiger charge is 2.26. The summed E-state index contributed by atoms with van der Waals surface area (Å²) in [5.41, 5.74) is 0. The van der Waals surface area contributed by atoms with Gasteiger partial charge in [0.15, 0.2) is 0 Å². The Morgan fingerprint density at radius 2 is 2.09 bits per heavy atom. The van der Waals surface area contributed by atoms with Crippen LogP contribution in [-0.4, -0.2) is 12.7 Å². The van der Waals surface area contributed by atoms with Gasteiger partial charge in [0.25, 0.3) is 0 Å². The van der Waals surface area contributed by atoms with Crippen LogP contribution in [0.25, 0.3) is 0 Å².